The van der Waals surface area contributed by atoms with Crippen molar-refractivity contribution in [1.29, 1.82) is 0 Å². The third kappa shape index (κ3) is 44.9. The molecule has 0 saturated carbocycles. The first-order valence-electron chi connectivity index (χ1n) is 25.2. The van der Waals surface area contributed by atoms with Crippen molar-refractivity contribution < 1.29 is 15.0 Å². The van der Waals surface area contributed by atoms with Crippen LogP contribution in [0.25, 0.3) is 0 Å². The van der Waals surface area contributed by atoms with Crippen LogP contribution in [0.1, 0.15) is 245 Å². The number of aliphatic hydroxyl groups is 2. The molecule has 0 aliphatic heterocycles. The third-order valence-corrected chi connectivity index (χ3v) is 11.2. The smallest absolute Gasteiger partial charge is 0.220 e. The van der Waals surface area contributed by atoms with Crippen molar-refractivity contribution in [3.05, 3.63) is 72.9 Å². The minimum atomic E-state index is -0.858. The fourth-order valence-electron chi connectivity index (χ4n) is 7.37. The Morgan fingerprint density at radius 2 is 0.776 bits per heavy atom. The van der Waals surface area contributed by atoms with Gasteiger partial charge in [0.2, 0.25) is 5.91 Å². The number of hydrogen-bond donors (Lipinski definition) is 3. The molecule has 0 radical (unpaired) electrons. The number of unbranched alkanes of at least 4 members (excludes halogenated alkanes) is 28. The van der Waals surface area contributed by atoms with Gasteiger partial charge in [0, 0.05) is 6.42 Å². The molecule has 0 spiro atoms. The number of amides is 1. The molecule has 58 heavy (non-hydrogen) atoms. The topological polar surface area (TPSA) is 69.6 Å². The summed E-state index contributed by atoms with van der Waals surface area (Å²) in [6.45, 7) is 4.08. The summed E-state index contributed by atoms with van der Waals surface area (Å²) in [5.41, 5.74) is 0. The third-order valence-electron chi connectivity index (χ3n) is 11.2. The Morgan fingerprint density at radius 1 is 0.431 bits per heavy atom. The van der Waals surface area contributed by atoms with E-state index < -0.39 is 12.1 Å². The van der Waals surface area contributed by atoms with Gasteiger partial charge in [0.15, 0.2) is 0 Å². The highest BCUT2D eigenvalue weighted by atomic mass is 16.3. The van der Waals surface area contributed by atoms with Crippen molar-refractivity contribution in [3.8, 4) is 0 Å². The van der Waals surface area contributed by atoms with Crippen molar-refractivity contribution in [2.24, 2.45) is 0 Å². The lowest BCUT2D eigenvalue weighted by Crippen LogP contribution is -2.45. The average molecular weight is 808 g/mol. The fourth-order valence-corrected chi connectivity index (χ4v) is 7.37. The number of rotatable bonds is 45. The zero-order valence-electron chi connectivity index (χ0n) is 38.5. The molecule has 336 valence electrons. The first-order valence-corrected chi connectivity index (χ1v) is 25.2. The lowest BCUT2D eigenvalue weighted by molar-refractivity contribution is -0.123. The second-order valence-corrected chi connectivity index (χ2v) is 16.8. The van der Waals surface area contributed by atoms with Gasteiger partial charge in [-0.3, -0.25) is 4.79 Å². The standard InChI is InChI=1S/C54H97NO3/c1-3-5-7-9-11-12-13-14-15-16-17-18-19-20-21-22-23-24-25-26-27-28-29-30-31-32-33-34-35-36-37-38-39-40-41-42-44-46-48-50-54(58)55-52(51-56)53(57)49-47-45-43-10-8-6-4-2/h5,7-8,10-12,14-15,17-18,47,49,52-53,56-57H,3-4,6,9,13,16,19-46,48,50-51H2,1-2H3,(H,55,58)/b7-5-,10-8+,12-11-,15-14-,18-17-,49-47+. The van der Waals surface area contributed by atoms with E-state index >= 15 is 0 Å². The van der Waals surface area contributed by atoms with E-state index in [1.54, 1.807) is 6.08 Å². The normalized spacial score (nSPS) is 13.5. The molecule has 0 aliphatic carbocycles. The fraction of sp³-hybridized carbons (Fsp3) is 0.759. The van der Waals surface area contributed by atoms with Crippen LogP contribution in [0.4, 0.5) is 0 Å². The van der Waals surface area contributed by atoms with Gasteiger partial charge in [0.25, 0.3) is 0 Å². The largest absolute Gasteiger partial charge is 0.394 e. The molecular formula is C54H97NO3. The van der Waals surface area contributed by atoms with E-state index in [-0.39, 0.29) is 12.5 Å². The molecule has 4 heteroatoms. The molecule has 0 fully saturated rings. The number of hydrogen-bond acceptors (Lipinski definition) is 3. The van der Waals surface area contributed by atoms with Crippen molar-refractivity contribution in [1.82, 2.24) is 5.32 Å². The van der Waals surface area contributed by atoms with Crippen LogP contribution in [0, 0.1) is 0 Å². The van der Waals surface area contributed by atoms with Gasteiger partial charge in [-0.25, -0.2) is 0 Å². The maximum atomic E-state index is 12.3. The zero-order valence-corrected chi connectivity index (χ0v) is 38.5. The Balaban J connectivity index is 3.35. The minimum Gasteiger partial charge on any atom is -0.394 e. The van der Waals surface area contributed by atoms with Crippen LogP contribution in [-0.2, 0) is 4.79 Å². The van der Waals surface area contributed by atoms with Crippen molar-refractivity contribution >= 4 is 5.91 Å². The zero-order chi connectivity index (χ0) is 42.1. The number of carbonyl (C=O) groups excluding carboxylic acids is 1. The second-order valence-electron chi connectivity index (χ2n) is 16.8. The molecule has 0 bridgehead atoms. The summed E-state index contributed by atoms with van der Waals surface area (Å²) >= 11 is 0. The Bertz CT molecular complexity index is 1010. The molecule has 2 unspecified atom stereocenters. The monoisotopic (exact) mass is 808 g/mol. The van der Waals surface area contributed by atoms with Crippen LogP contribution in [-0.4, -0.2) is 34.9 Å². The summed E-state index contributed by atoms with van der Waals surface area (Å²) < 4.78 is 0. The number of aliphatic hydroxyl groups excluding tert-OH is 2. The molecule has 4 nitrogen and oxygen atoms in total. The number of carbonyl (C=O) groups is 1. The van der Waals surface area contributed by atoms with Crippen LogP contribution in [0.3, 0.4) is 0 Å². The van der Waals surface area contributed by atoms with Gasteiger partial charge in [0.05, 0.1) is 18.8 Å². The molecule has 0 aromatic heterocycles. The van der Waals surface area contributed by atoms with Gasteiger partial charge in [-0.2, -0.15) is 0 Å². The Kier molecular flexibility index (Phi) is 47.4. The molecule has 1 amide bonds. The molecule has 0 aromatic carbocycles. The van der Waals surface area contributed by atoms with Crippen molar-refractivity contribution in [3.63, 3.8) is 0 Å². The van der Waals surface area contributed by atoms with Crippen molar-refractivity contribution in [2.75, 3.05) is 6.61 Å². The summed E-state index contributed by atoms with van der Waals surface area (Å²) in [4.78, 5) is 12.3. The molecule has 0 aromatic rings. The Hall–Kier alpha value is -2.17. The highest BCUT2D eigenvalue weighted by Gasteiger charge is 2.17. The van der Waals surface area contributed by atoms with Crippen LogP contribution in [0.2, 0.25) is 0 Å². The van der Waals surface area contributed by atoms with Crippen molar-refractivity contribution in [2.45, 2.75) is 257 Å². The van der Waals surface area contributed by atoms with Gasteiger partial charge in [-0.15, -0.1) is 0 Å². The van der Waals surface area contributed by atoms with Gasteiger partial charge < -0.3 is 15.5 Å². The van der Waals surface area contributed by atoms with Crippen LogP contribution in [0.5, 0.6) is 0 Å². The number of allylic oxidation sites excluding steroid dienone is 11. The maximum Gasteiger partial charge on any atom is 0.220 e. The summed E-state index contributed by atoms with van der Waals surface area (Å²) in [5.74, 6) is -0.0769. The van der Waals surface area contributed by atoms with E-state index in [1.165, 1.54) is 161 Å². The van der Waals surface area contributed by atoms with Crippen LogP contribution < -0.4 is 5.32 Å². The van der Waals surface area contributed by atoms with E-state index in [4.69, 9.17) is 0 Å². The van der Waals surface area contributed by atoms with Gasteiger partial charge in [0.1, 0.15) is 0 Å². The van der Waals surface area contributed by atoms with E-state index in [2.05, 4.69) is 79.9 Å². The first-order chi connectivity index (χ1) is 28.7. The molecule has 0 rings (SSSR count). The van der Waals surface area contributed by atoms with Gasteiger partial charge in [-0.1, -0.05) is 247 Å². The number of nitrogens with one attached hydrogen (secondary N) is 1. The molecular weight excluding hydrogens is 711 g/mol. The maximum absolute atomic E-state index is 12.3. The molecule has 3 N–H and O–H groups in total. The molecule has 0 heterocycles. The van der Waals surface area contributed by atoms with E-state index in [1.807, 2.05) is 6.08 Å². The second kappa shape index (κ2) is 49.2. The summed E-state index contributed by atoms with van der Waals surface area (Å²) in [7, 11) is 0. The predicted molar refractivity (Wildman–Crippen MR) is 257 cm³/mol. The molecule has 0 aliphatic rings. The summed E-state index contributed by atoms with van der Waals surface area (Å²) in [6.07, 6.45) is 70.9. The van der Waals surface area contributed by atoms with Crippen LogP contribution in [0.15, 0.2) is 72.9 Å². The predicted octanol–water partition coefficient (Wildman–Crippen LogP) is 16.2. The minimum absolute atomic E-state index is 0.0769. The van der Waals surface area contributed by atoms with E-state index in [9.17, 15) is 15.0 Å². The Morgan fingerprint density at radius 3 is 1.19 bits per heavy atom. The van der Waals surface area contributed by atoms with E-state index in [0.717, 1.165) is 64.2 Å². The summed E-state index contributed by atoms with van der Waals surface area (Å²) in [5, 5.41) is 22.8. The van der Waals surface area contributed by atoms with Crippen LogP contribution >= 0.6 is 0 Å². The highest BCUT2D eigenvalue weighted by Crippen LogP contribution is 2.16. The van der Waals surface area contributed by atoms with Gasteiger partial charge >= 0.3 is 0 Å². The van der Waals surface area contributed by atoms with E-state index in [0.29, 0.717) is 6.42 Å². The van der Waals surface area contributed by atoms with Gasteiger partial charge in [-0.05, 0) is 64.2 Å². The Labute approximate surface area is 361 Å². The summed E-state index contributed by atoms with van der Waals surface area (Å²) in [6, 6.07) is -0.635. The SMILES string of the molecule is CC/C=C\C/C=C\C/C=C\C/C=C\CCCCCCCCCCCCCCCCCCCCCCCCCCCCC(=O)NC(CO)C(O)/C=C/CC/C=C/CCC. The first kappa shape index (κ1) is 55.8. The lowest BCUT2D eigenvalue weighted by Gasteiger charge is -2.19. The quantitative estimate of drug-likeness (QED) is 0.0424. The molecule has 0 saturated heterocycles. The lowest BCUT2D eigenvalue weighted by atomic mass is 10.0. The average Bonchev–Trinajstić information content (AvgIpc) is 3.23. The molecule has 2 atom stereocenters. The highest BCUT2D eigenvalue weighted by molar-refractivity contribution is 5.76.